The Bertz CT molecular complexity index is 921. The Balaban J connectivity index is 1.82. The standard InChI is InChI=1S/C20H19ClN2O/c1-3-15-5-4-6-18-16(12-22)13-23(20(15)18)9-10-24-17-7-8-19(21)14(2)11-17/h4-8,11,13H,3,9-10H2,1-2H3. The second kappa shape index (κ2) is 6.98. The van der Waals surface area contributed by atoms with E-state index in [0.717, 1.165) is 33.7 Å². The van der Waals surface area contributed by atoms with Gasteiger partial charge in [-0.05, 0) is 42.7 Å². The fourth-order valence-corrected chi connectivity index (χ4v) is 3.07. The average molecular weight is 339 g/mol. The smallest absolute Gasteiger partial charge is 0.119 e. The van der Waals surface area contributed by atoms with Crippen molar-refractivity contribution >= 4 is 22.5 Å². The van der Waals surface area contributed by atoms with Gasteiger partial charge in [0.25, 0.3) is 0 Å². The van der Waals surface area contributed by atoms with Crippen LogP contribution in [-0.4, -0.2) is 11.2 Å². The molecular formula is C20H19ClN2O. The molecule has 0 saturated carbocycles. The fourth-order valence-electron chi connectivity index (χ4n) is 2.96. The topological polar surface area (TPSA) is 38.0 Å². The number of para-hydroxylation sites is 1. The lowest BCUT2D eigenvalue weighted by molar-refractivity contribution is 0.300. The summed E-state index contributed by atoms with van der Waals surface area (Å²) in [5, 5.41) is 11.1. The molecular weight excluding hydrogens is 320 g/mol. The number of halogens is 1. The van der Waals surface area contributed by atoms with Gasteiger partial charge in [0, 0.05) is 16.6 Å². The maximum Gasteiger partial charge on any atom is 0.119 e. The van der Waals surface area contributed by atoms with E-state index >= 15 is 0 Å². The van der Waals surface area contributed by atoms with Crippen molar-refractivity contribution in [2.75, 3.05) is 6.61 Å². The van der Waals surface area contributed by atoms with E-state index in [1.165, 1.54) is 5.56 Å². The van der Waals surface area contributed by atoms with Crippen molar-refractivity contribution in [1.82, 2.24) is 4.57 Å². The number of nitriles is 1. The molecule has 1 aromatic heterocycles. The summed E-state index contributed by atoms with van der Waals surface area (Å²) in [5.74, 6) is 0.810. The van der Waals surface area contributed by atoms with Crippen LogP contribution in [0.5, 0.6) is 5.75 Å². The Hall–Kier alpha value is -2.44. The number of fused-ring (bicyclic) bond motifs is 1. The molecule has 0 spiro atoms. The van der Waals surface area contributed by atoms with Crippen molar-refractivity contribution in [3.8, 4) is 11.8 Å². The van der Waals surface area contributed by atoms with Crippen molar-refractivity contribution < 1.29 is 4.74 Å². The molecule has 3 nitrogen and oxygen atoms in total. The predicted octanol–water partition coefficient (Wildman–Crippen LogP) is 5.12. The van der Waals surface area contributed by atoms with Gasteiger partial charge in [0.2, 0.25) is 0 Å². The number of aryl methyl sites for hydroxylation is 2. The van der Waals surface area contributed by atoms with Crippen LogP contribution in [0.3, 0.4) is 0 Å². The zero-order valence-corrected chi connectivity index (χ0v) is 14.6. The first-order chi connectivity index (χ1) is 11.6. The summed E-state index contributed by atoms with van der Waals surface area (Å²) in [6, 6.07) is 14.1. The van der Waals surface area contributed by atoms with Gasteiger partial charge in [0.15, 0.2) is 0 Å². The molecule has 2 aromatic carbocycles. The number of ether oxygens (including phenoxy) is 1. The van der Waals surface area contributed by atoms with E-state index in [4.69, 9.17) is 16.3 Å². The van der Waals surface area contributed by atoms with E-state index in [2.05, 4.69) is 23.6 Å². The molecule has 0 N–H and O–H groups in total. The Morgan fingerprint density at radius 1 is 1.25 bits per heavy atom. The first kappa shape index (κ1) is 16.4. The molecule has 122 valence electrons. The molecule has 0 saturated heterocycles. The van der Waals surface area contributed by atoms with Crippen LogP contribution in [-0.2, 0) is 13.0 Å². The van der Waals surface area contributed by atoms with Crippen LogP contribution in [0, 0.1) is 18.3 Å². The lowest BCUT2D eigenvalue weighted by Gasteiger charge is -2.11. The van der Waals surface area contributed by atoms with Crippen molar-refractivity contribution in [2.45, 2.75) is 26.8 Å². The molecule has 0 aliphatic heterocycles. The third kappa shape index (κ3) is 3.11. The van der Waals surface area contributed by atoms with Crippen molar-refractivity contribution in [1.29, 1.82) is 5.26 Å². The Morgan fingerprint density at radius 2 is 2.08 bits per heavy atom. The van der Waals surface area contributed by atoms with Gasteiger partial charge >= 0.3 is 0 Å². The highest BCUT2D eigenvalue weighted by atomic mass is 35.5. The van der Waals surface area contributed by atoms with Crippen molar-refractivity contribution in [3.63, 3.8) is 0 Å². The first-order valence-corrected chi connectivity index (χ1v) is 8.41. The van der Waals surface area contributed by atoms with Crippen LogP contribution in [0.25, 0.3) is 10.9 Å². The Morgan fingerprint density at radius 3 is 2.79 bits per heavy atom. The summed E-state index contributed by atoms with van der Waals surface area (Å²) in [7, 11) is 0. The van der Waals surface area contributed by atoms with E-state index in [9.17, 15) is 5.26 Å². The molecule has 24 heavy (non-hydrogen) atoms. The lowest BCUT2D eigenvalue weighted by Crippen LogP contribution is -2.08. The number of nitrogens with zero attached hydrogens (tertiary/aromatic N) is 2. The summed E-state index contributed by atoms with van der Waals surface area (Å²) in [5.41, 5.74) is 4.09. The highest BCUT2D eigenvalue weighted by Crippen LogP contribution is 2.25. The van der Waals surface area contributed by atoms with E-state index < -0.39 is 0 Å². The minimum absolute atomic E-state index is 0.535. The van der Waals surface area contributed by atoms with Crippen molar-refractivity contribution in [3.05, 3.63) is 64.3 Å². The predicted molar refractivity (Wildman–Crippen MR) is 97.7 cm³/mol. The average Bonchev–Trinajstić information content (AvgIpc) is 2.96. The maximum absolute atomic E-state index is 9.37. The van der Waals surface area contributed by atoms with Gasteiger partial charge in [-0.2, -0.15) is 5.26 Å². The minimum Gasteiger partial charge on any atom is -0.492 e. The normalized spacial score (nSPS) is 10.8. The molecule has 3 rings (SSSR count). The molecule has 0 aliphatic carbocycles. The minimum atomic E-state index is 0.535. The molecule has 1 heterocycles. The van der Waals surface area contributed by atoms with Crippen LogP contribution in [0.2, 0.25) is 5.02 Å². The largest absolute Gasteiger partial charge is 0.492 e. The summed E-state index contributed by atoms with van der Waals surface area (Å²) < 4.78 is 7.97. The summed E-state index contributed by atoms with van der Waals surface area (Å²) in [4.78, 5) is 0. The molecule has 0 fully saturated rings. The molecule has 3 aromatic rings. The fraction of sp³-hybridized carbons (Fsp3) is 0.250. The summed E-state index contributed by atoms with van der Waals surface area (Å²) in [6.07, 6.45) is 2.85. The van der Waals surface area contributed by atoms with Gasteiger partial charge in [0.1, 0.15) is 18.4 Å². The third-order valence-electron chi connectivity index (χ3n) is 4.21. The van der Waals surface area contributed by atoms with Gasteiger partial charge in [0.05, 0.1) is 17.6 Å². The van der Waals surface area contributed by atoms with Crippen LogP contribution < -0.4 is 4.74 Å². The van der Waals surface area contributed by atoms with Crippen LogP contribution in [0.4, 0.5) is 0 Å². The lowest BCUT2D eigenvalue weighted by atomic mass is 10.1. The highest BCUT2D eigenvalue weighted by molar-refractivity contribution is 6.31. The molecule has 4 heteroatoms. The zero-order chi connectivity index (χ0) is 17.1. The number of hydrogen-bond donors (Lipinski definition) is 0. The molecule has 0 amide bonds. The quantitative estimate of drug-likeness (QED) is 0.647. The SMILES string of the molecule is CCc1cccc2c(C#N)cn(CCOc3ccc(Cl)c(C)c3)c12. The number of rotatable bonds is 5. The third-order valence-corrected chi connectivity index (χ3v) is 4.64. The number of benzene rings is 2. The van der Waals surface area contributed by atoms with Gasteiger partial charge < -0.3 is 9.30 Å². The molecule has 0 unspecified atom stereocenters. The first-order valence-electron chi connectivity index (χ1n) is 8.03. The van der Waals surface area contributed by atoms with Gasteiger partial charge in [-0.15, -0.1) is 0 Å². The molecule has 0 radical (unpaired) electrons. The molecule has 0 bridgehead atoms. The molecule has 0 aliphatic rings. The zero-order valence-electron chi connectivity index (χ0n) is 13.8. The van der Waals surface area contributed by atoms with Crippen LogP contribution in [0.1, 0.15) is 23.6 Å². The highest BCUT2D eigenvalue weighted by Gasteiger charge is 2.11. The Labute approximate surface area is 147 Å². The van der Waals surface area contributed by atoms with Crippen molar-refractivity contribution in [2.24, 2.45) is 0 Å². The number of aromatic nitrogens is 1. The van der Waals surface area contributed by atoms with Crippen LogP contribution >= 0.6 is 11.6 Å². The second-order valence-electron chi connectivity index (χ2n) is 5.77. The second-order valence-corrected chi connectivity index (χ2v) is 6.18. The van der Waals surface area contributed by atoms with Gasteiger partial charge in [-0.1, -0.05) is 36.7 Å². The summed E-state index contributed by atoms with van der Waals surface area (Å²) in [6.45, 7) is 5.32. The van der Waals surface area contributed by atoms with E-state index in [0.29, 0.717) is 18.7 Å². The maximum atomic E-state index is 9.37. The van der Waals surface area contributed by atoms with E-state index in [1.54, 1.807) is 0 Å². The monoisotopic (exact) mass is 338 g/mol. The van der Waals surface area contributed by atoms with E-state index in [-0.39, 0.29) is 0 Å². The van der Waals surface area contributed by atoms with Gasteiger partial charge in [-0.3, -0.25) is 0 Å². The van der Waals surface area contributed by atoms with Crippen LogP contribution in [0.15, 0.2) is 42.6 Å². The van der Waals surface area contributed by atoms with Gasteiger partial charge in [-0.25, -0.2) is 0 Å². The van der Waals surface area contributed by atoms with E-state index in [1.807, 2.05) is 43.5 Å². The summed E-state index contributed by atoms with van der Waals surface area (Å²) >= 11 is 6.04. The Kier molecular flexibility index (Phi) is 4.78. The molecule has 0 atom stereocenters. The number of hydrogen-bond acceptors (Lipinski definition) is 2.